The predicted octanol–water partition coefficient (Wildman–Crippen LogP) is 4.53. The molecule has 4 rings (SSSR count). The Balaban J connectivity index is 0.000000421. The Morgan fingerprint density at radius 1 is 1.15 bits per heavy atom. The van der Waals surface area contributed by atoms with Crippen LogP contribution in [0.1, 0.15) is 36.8 Å². The molecule has 0 aliphatic carbocycles. The fourth-order valence-electron chi connectivity index (χ4n) is 3.41. The molecule has 0 saturated carbocycles. The zero-order valence-electron chi connectivity index (χ0n) is 19.4. The second-order valence-corrected chi connectivity index (χ2v) is 7.18. The number of hydrogen-bond acceptors (Lipinski definition) is 6. The van der Waals surface area contributed by atoms with Crippen LogP contribution < -0.4 is 20.9 Å². The van der Waals surface area contributed by atoms with Gasteiger partial charge in [0.15, 0.2) is 11.5 Å². The van der Waals surface area contributed by atoms with E-state index >= 15 is 0 Å². The summed E-state index contributed by atoms with van der Waals surface area (Å²) < 4.78 is 19.5. The average molecular weight is 474 g/mol. The molecule has 33 heavy (non-hydrogen) atoms. The number of nitrogens with zero attached hydrogens (tertiary/aromatic N) is 1. The first-order valence-corrected chi connectivity index (χ1v) is 11.0. The maximum Gasteiger partial charge on any atom is 0.166 e. The fourth-order valence-corrected chi connectivity index (χ4v) is 3.59. The molecule has 0 radical (unpaired) electrons. The highest BCUT2D eigenvalue weighted by molar-refractivity contribution is 6.30. The summed E-state index contributed by atoms with van der Waals surface area (Å²) in [4.78, 5) is 0. The van der Waals surface area contributed by atoms with Gasteiger partial charge in [0.1, 0.15) is 6.10 Å². The number of nitrogens with two attached hydrogens (primary N) is 2. The Labute approximate surface area is 200 Å². The summed E-state index contributed by atoms with van der Waals surface area (Å²) in [5.74, 6) is 1.35. The molecule has 0 amide bonds. The second kappa shape index (κ2) is 12.8. The van der Waals surface area contributed by atoms with Crippen molar-refractivity contribution in [1.82, 2.24) is 4.57 Å². The Hall–Kier alpha value is -3.13. The highest BCUT2D eigenvalue weighted by Gasteiger charge is 2.28. The number of methoxy groups -OCH3 is 2. The first-order valence-electron chi connectivity index (χ1n) is 10.6. The van der Waals surface area contributed by atoms with Crippen LogP contribution in [0.4, 0.5) is 0 Å². The van der Waals surface area contributed by atoms with E-state index < -0.39 is 0 Å². The number of benzene rings is 2. The third-order valence-corrected chi connectivity index (χ3v) is 5.11. The smallest absolute Gasteiger partial charge is 0.166 e. The van der Waals surface area contributed by atoms with Crippen molar-refractivity contribution in [2.24, 2.45) is 11.5 Å². The molecule has 0 saturated heterocycles. The van der Waals surface area contributed by atoms with Crippen molar-refractivity contribution in [3.8, 4) is 17.2 Å². The quantitative estimate of drug-likeness (QED) is 0.514. The summed E-state index contributed by atoms with van der Waals surface area (Å²) in [6.45, 7) is 4.33. The molecule has 1 aliphatic heterocycles. The summed E-state index contributed by atoms with van der Waals surface area (Å²) >= 11 is 6.30. The monoisotopic (exact) mass is 473 g/mol. The molecule has 2 heterocycles. The van der Waals surface area contributed by atoms with E-state index in [-0.39, 0.29) is 12.7 Å². The molecule has 178 valence electrons. The van der Waals surface area contributed by atoms with Gasteiger partial charge in [-0.15, -0.1) is 0 Å². The topological polar surface area (TPSA) is 105 Å². The van der Waals surface area contributed by atoms with Crippen LogP contribution in [0.2, 0.25) is 5.02 Å². The number of ether oxygens (including phenoxy) is 3. The van der Waals surface area contributed by atoms with Gasteiger partial charge >= 0.3 is 0 Å². The number of halogens is 1. The van der Waals surface area contributed by atoms with E-state index in [1.54, 1.807) is 14.2 Å². The van der Waals surface area contributed by atoms with Gasteiger partial charge in [-0.3, -0.25) is 0 Å². The average Bonchev–Trinajstić information content (AvgIpc) is 3.27. The fraction of sp³-hybridized carbons (Fsp3) is 0.280. The van der Waals surface area contributed by atoms with Crippen molar-refractivity contribution in [2.75, 3.05) is 20.8 Å². The molecule has 1 aromatic heterocycles. The van der Waals surface area contributed by atoms with Gasteiger partial charge < -0.3 is 35.4 Å². The van der Waals surface area contributed by atoms with Crippen molar-refractivity contribution in [3.63, 3.8) is 0 Å². The minimum absolute atomic E-state index is 0.156. The van der Waals surface area contributed by atoms with E-state index in [1.807, 2.05) is 62.5 Å². The Morgan fingerprint density at radius 3 is 2.52 bits per heavy atom. The van der Waals surface area contributed by atoms with Gasteiger partial charge in [-0.05, 0) is 36.4 Å². The third kappa shape index (κ3) is 6.01. The van der Waals surface area contributed by atoms with Crippen molar-refractivity contribution < 1.29 is 19.3 Å². The number of aromatic nitrogens is 1. The van der Waals surface area contributed by atoms with Crippen LogP contribution >= 0.6 is 11.6 Å². The van der Waals surface area contributed by atoms with Crippen LogP contribution in [0.25, 0.3) is 5.69 Å². The highest BCUT2D eigenvalue weighted by atomic mass is 35.5. The minimum atomic E-state index is -0.307. The van der Waals surface area contributed by atoms with Crippen molar-refractivity contribution >= 4 is 11.6 Å². The van der Waals surface area contributed by atoms with Crippen LogP contribution in [0, 0.1) is 0 Å². The first kappa shape index (κ1) is 26.1. The van der Waals surface area contributed by atoms with E-state index in [1.165, 1.54) is 6.20 Å². The van der Waals surface area contributed by atoms with E-state index in [0.29, 0.717) is 28.8 Å². The molecular formula is C25H32ClN3O4. The molecule has 8 heteroatoms. The lowest BCUT2D eigenvalue weighted by molar-refractivity contribution is 0.0660. The van der Waals surface area contributed by atoms with Gasteiger partial charge in [0, 0.05) is 39.9 Å². The lowest BCUT2D eigenvalue weighted by Gasteiger charge is -2.22. The van der Waals surface area contributed by atoms with Crippen molar-refractivity contribution in [2.45, 2.75) is 26.6 Å². The van der Waals surface area contributed by atoms with E-state index in [2.05, 4.69) is 10.6 Å². The number of fused-ring (bicyclic) bond motifs is 3. The molecular weight excluding hydrogens is 442 g/mol. The molecule has 7 nitrogen and oxygen atoms in total. The number of hydrogen-bond donors (Lipinski definition) is 3. The zero-order valence-corrected chi connectivity index (χ0v) is 20.2. The molecule has 1 aliphatic rings. The van der Waals surface area contributed by atoms with Gasteiger partial charge in [-0.2, -0.15) is 0 Å². The molecule has 2 aromatic carbocycles. The maximum absolute atomic E-state index is 8.06. The standard InChI is InChI=1S/C20H18ClNO3.C3H8N2O.C2H6/c1-23-18-7-3-6-15(20(18)24-2)19-16-11-13(21)8-9-17(16)22-10-4-5-14(22)12-25-19;4-1-3(5)2-6;1-2/h3-11,19H,12H2,1-2H3;1,6H,2,4-5H2;1-2H3/b;3-1-;. The summed E-state index contributed by atoms with van der Waals surface area (Å²) in [7, 11) is 3.27. The molecule has 0 bridgehead atoms. The Bertz CT molecular complexity index is 1070. The molecule has 0 spiro atoms. The SMILES string of the molecule is CC.COc1cccc(C2OCc3cccn3-c3ccc(Cl)cc32)c1OC.N/C=C(\N)CO. The normalized spacial score (nSPS) is 14.4. The lowest BCUT2D eigenvalue weighted by Crippen LogP contribution is -2.08. The number of rotatable bonds is 4. The molecule has 5 N–H and O–H groups in total. The van der Waals surface area contributed by atoms with Gasteiger partial charge in [-0.1, -0.05) is 37.6 Å². The predicted molar refractivity (Wildman–Crippen MR) is 132 cm³/mol. The van der Waals surface area contributed by atoms with Crippen LogP contribution in [-0.4, -0.2) is 30.5 Å². The van der Waals surface area contributed by atoms with Gasteiger partial charge in [0.05, 0.1) is 33.1 Å². The van der Waals surface area contributed by atoms with Gasteiger partial charge in [0.2, 0.25) is 0 Å². The van der Waals surface area contributed by atoms with E-state index in [0.717, 1.165) is 22.5 Å². The Kier molecular flexibility index (Phi) is 10.1. The van der Waals surface area contributed by atoms with Crippen LogP contribution in [0.15, 0.2) is 66.6 Å². The minimum Gasteiger partial charge on any atom is -0.493 e. The summed E-state index contributed by atoms with van der Waals surface area (Å²) in [5, 5.41) is 8.73. The third-order valence-electron chi connectivity index (χ3n) is 4.88. The first-order chi connectivity index (χ1) is 16.0. The highest BCUT2D eigenvalue weighted by Crippen LogP contribution is 2.43. The molecule has 3 aromatic rings. The largest absolute Gasteiger partial charge is 0.493 e. The van der Waals surface area contributed by atoms with E-state index in [9.17, 15) is 0 Å². The number of para-hydroxylation sites is 1. The zero-order chi connectivity index (χ0) is 24.4. The van der Waals surface area contributed by atoms with Crippen LogP contribution in [0.5, 0.6) is 11.5 Å². The molecule has 1 unspecified atom stereocenters. The summed E-state index contributed by atoms with van der Waals surface area (Å²) in [5.41, 5.74) is 14.1. The van der Waals surface area contributed by atoms with Crippen LogP contribution in [0.3, 0.4) is 0 Å². The van der Waals surface area contributed by atoms with Crippen LogP contribution in [-0.2, 0) is 11.3 Å². The summed E-state index contributed by atoms with van der Waals surface area (Å²) in [6, 6.07) is 15.8. The molecule has 0 fully saturated rings. The number of aliphatic hydroxyl groups excluding tert-OH is 1. The van der Waals surface area contributed by atoms with E-state index in [4.69, 9.17) is 42.4 Å². The lowest BCUT2D eigenvalue weighted by atomic mass is 9.98. The molecule has 1 atom stereocenters. The van der Waals surface area contributed by atoms with Gasteiger partial charge in [0.25, 0.3) is 0 Å². The summed E-state index contributed by atoms with van der Waals surface area (Å²) in [6.07, 6.45) is 2.90. The number of aliphatic hydroxyl groups is 1. The van der Waals surface area contributed by atoms with Crippen molar-refractivity contribution in [3.05, 3.63) is 88.5 Å². The van der Waals surface area contributed by atoms with Crippen molar-refractivity contribution in [1.29, 1.82) is 0 Å². The second-order valence-electron chi connectivity index (χ2n) is 6.75. The Morgan fingerprint density at radius 2 is 1.91 bits per heavy atom. The maximum atomic E-state index is 8.06. The van der Waals surface area contributed by atoms with Gasteiger partial charge in [-0.25, -0.2) is 0 Å².